The highest BCUT2D eigenvalue weighted by Crippen LogP contribution is 2.21. The van der Waals surface area contributed by atoms with Crippen molar-refractivity contribution < 1.29 is 4.79 Å². The second-order valence-corrected chi connectivity index (χ2v) is 5.41. The predicted molar refractivity (Wildman–Crippen MR) is 78.2 cm³/mol. The summed E-state index contributed by atoms with van der Waals surface area (Å²) in [5.74, 6) is -0.112. The Morgan fingerprint density at radius 2 is 2.17 bits per heavy atom. The normalized spacial score (nSPS) is 10.9. The number of carbonyl (C=O) groups excluding carboxylic acids is 1. The first-order valence-electron chi connectivity index (χ1n) is 6.02. The fraction of sp³-hybridized carbons (Fsp3) is 0.667. The van der Waals surface area contributed by atoms with Crippen LogP contribution in [0.3, 0.4) is 0 Å². The smallest absolute Gasteiger partial charge is 0.196 e. The number of Topliss-reactive ketones (excluding diaryl/α,β-unsaturated/α-hetero) is 1. The summed E-state index contributed by atoms with van der Waals surface area (Å²) >= 11 is 7.03. The number of nitrogens with zero attached hydrogens (tertiary/aromatic N) is 3. The molecule has 0 aromatic carbocycles. The summed E-state index contributed by atoms with van der Waals surface area (Å²) < 4.78 is 0. The molecule has 0 atom stereocenters. The van der Waals surface area contributed by atoms with Gasteiger partial charge in [0.05, 0.1) is 5.88 Å². The Morgan fingerprint density at radius 3 is 2.72 bits per heavy atom. The lowest BCUT2D eigenvalue weighted by Crippen LogP contribution is -2.27. The SMILES string of the molecule is CCN(CCCN(C)C)c1nc(C(=O)CCl)cs1. The molecule has 0 aliphatic carbocycles. The Hall–Kier alpha value is -0.650. The van der Waals surface area contributed by atoms with E-state index in [1.807, 2.05) is 0 Å². The number of halogens is 1. The lowest BCUT2D eigenvalue weighted by molar-refractivity contribution is 0.101. The summed E-state index contributed by atoms with van der Waals surface area (Å²) in [4.78, 5) is 20.1. The van der Waals surface area contributed by atoms with E-state index in [9.17, 15) is 4.79 Å². The third-order valence-electron chi connectivity index (χ3n) is 2.58. The van der Waals surface area contributed by atoms with Crippen LogP contribution in [0.5, 0.6) is 0 Å². The standard InChI is InChI=1S/C12H20ClN3OS/c1-4-16(7-5-6-15(2)3)12-14-10(9-18-12)11(17)8-13/h9H,4-8H2,1-3H3. The van der Waals surface area contributed by atoms with Gasteiger partial charge in [0, 0.05) is 18.5 Å². The van der Waals surface area contributed by atoms with Crippen LogP contribution in [0.2, 0.25) is 0 Å². The Morgan fingerprint density at radius 1 is 1.44 bits per heavy atom. The monoisotopic (exact) mass is 289 g/mol. The van der Waals surface area contributed by atoms with Crippen molar-refractivity contribution in [1.82, 2.24) is 9.88 Å². The second kappa shape index (κ2) is 7.71. The minimum Gasteiger partial charge on any atom is -0.348 e. The van der Waals surface area contributed by atoms with E-state index in [1.54, 1.807) is 5.38 Å². The van der Waals surface area contributed by atoms with E-state index in [4.69, 9.17) is 11.6 Å². The maximum Gasteiger partial charge on any atom is 0.196 e. The molecule has 0 saturated heterocycles. The van der Waals surface area contributed by atoms with Gasteiger partial charge in [0.2, 0.25) is 0 Å². The molecule has 102 valence electrons. The number of aromatic nitrogens is 1. The van der Waals surface area contributed by atoms with E-state index in [2.05, 4.69) is 35.8 Å². The van der Waals surface area contributed by atoms with Crippen LogP contribution in [0.1, 0.15) is 23.8 Å². The van der Waals surface area contributed by atoms with Crippen LogP contribution in [-0.4, -0.2) is 55.3 Å². The zero-order valence-electron chi connectivity index (χ0n) is 11.1. The summed E-state index contributed by atoms with van der Waals surface area (Å²) in [5, 5.41) is 2.69. The highest BCUT2D eigenvalue weighted by molar-refractivity contribution is 7.14. The molecule has 0 saturated carbocycles. The van der Waals surface area contributed by atoms with Crippen LogP contribution in [-0.2, 0) is 0 Å². The Kier molecular flexibility index (Phi) is 6.60. The van der Waals surface area contributed by atoms with Crippen LogP contribution in [0.4, 0.5) is 5.13 Å². The number of thiazole rings is 1. The van der Waals surface area contributed by atoms with Gasteiger partial charge in [-0.1, -0.05) is 0 Å². The molecule has 0 radical (unpaired) electrons. The van der Waals surface area contributed by atoms with Gasteiger partial charge in [0.15, 0.2) is 10.9 Å². The van der Waals surface area contributed by atoms with Gasteiger partial charge in [0.1, 0.15) is 5.69 Å². The third kappa shape index (κ3) is 4.55. The van der Waals surface area contributed by atoms with Crippen molar-refractivity contribution in [3.05, 3.63) is 11.1 Å². The van der Waals surface area contributed by atoms with Gasteiger partial charge in [-0.2, -0.15) is 0 Å². The van der Waals surface area contributed by atoms with Gasteiger partial charge >= 0.3 is 0 Å². The molecule has 0 aliphatic rings. The second-order valence-electron chi connectivity index (χ2n) is 4.31. The summed E-state index contributed by atoms with van der Waals surface area (Å²) in [6, 6.07) is 0. The maximum atomic E-state index is 11.4. The first kappa shape index (κ1) is 15.4. The van der Waals surface area contributed by atoms with Gasteiger partial charge in [-0.25, -0.2) is 4.98 Å². The number of hydrogen-bond donors (Lipinski definition) is 0. The molecular weight excluding hydrogens is 270 g/mol. The molecule has 0 aliphatic heterocycles. The van der Waals surface area contributed by atoms with Gasteiger partial charge in [-0.3, -0.25) is 4.79 Å². The number of alkyl halides is 1. The summed E-state index contributed by atoms with van der Waals surface area (Å²) in [6.45, 7) is 5.00. The average Bonchev–Trinajstić information content (AvgIpc) is 2.82. The van der Waals surface area contributed by atoms with Crippen molar-refractivity contribution in [2.24, 2.45) is 0 Å². The zero-order valence-corrected chi connectivity index (χ0v) is 12.7. The number of rotatable bonds is 8. The molecular formula is C12H20ClN3OS. The molecule has 4 nitrogen and oxygen atoms in total. The first-order valence-corrected chi connectivity index (χ1v) is 7.44. The molecule has 6 heteroatoms. The van der Waals surface area contributed by atoms with Crippen molar-refractivity contribution in [2.75, 3.05) is 44.5 Å². The van der Waals surface area contributed by atoms with E-state index in [0.29, 0.717) is 5.69 Å². The summed E-state index contributed by atoms with van der Waals surface area (Å²) in [5.41, 5.74) is 0.482. The zero-order chi connectivity index (χ0) is 13.5. The average molecular weight is 290 g/mol. The summed E-state index contributed by atoms with van der Waals surface area (Å²) in [7, 11) is 4.13. The minimum absolute atomic E-state index is 0.00404. The van der Waals surface area contributed by atoms with Crippen LogP contribution in [0, 0.1) is 0 Å². The van der Waals surface area contributed by atoms with Crippen molar-refractivity contribution in [3.63, 3.8) is 0 Å². The molecule has 0 N–H and O–H groups in total. The molecule has 0 bridgehead atoms. The predicted octanol–water partition coefficient (Wildman–Crippen LogP) is 2.34. The van der Waals surface area contributed by atoms with Crippen molar-refractivity contribution >= 4 is 33.9 Å². The van der Waals surface area contributed by atoms with Crippen LogP contribution < -0.4 is 4.90 Å². The number of carbonyl (C=O) groups is 1. The third-order valence-corrected chi connectivity index (χ3v) is 3.73. The molecule has 18 heavy (non-hydrogen) atoms. The number of anilines is 1. The quantitative estimate of drug-likeness (QED) is 0.544. The Bertz CT molecular complexity index is 381. The molecule has 0 amide bonds. The molecule has 1 heterocycles. The van der Waals surface area contributed by atoms with Gasteiger partial charge in [-0.15, -0.1) is 22.9 Å². The topological polar surface area (TPSA) is 36.4 Å². The van der Waals surface area contributed by atoms with E-state index >= 15 is 0 Å². The number of hydrogen-bond acceptors (Lipinski definition) is 5. The van der Waals surface area contributed by atoms with E-state index in [0.717, 1.165) is 31.2 Å². The Labute approximate surface area is 118 Å². The molecule has 1 aromatic heterocycles. The first-order chi connectivity index (χ1) is 8.58. The lowest BCUT2D eigenvalue weighted by atomic mass is 10.3. The Balaban J connectivity index is 2.59. The van der Waals surface area contributed by atoms with E-state index in [-0.39, 0.29) is 11.7 Å². The van der Waals surface area contributed by atoms with Crippen molar-refractivity contribution in [1.29, 1.82) is 0 Å². The van der Waals surface area contributed by atoms with Gasteiger partial charge in [0.25, 0.3) is 0 Å². The fourth-order valence-electron chi connectivity index (χ4n) is 1.57. The maximum absolute atomic E-state index is 11.4. The lowest BCUT2D eigenvalue weighted by Gasteiger charge is -2.20. The van der Waals surface area contributed by atoms with Gasteiger partial charge in [-0.05, 0) is 34.0 Å². The van der Waals surface area contributed by atoms with E-state index < -0.39 is 0 Å². The fourth-order valence-corrected chi connectivity index (χ4v) is 2.63. The van der Waals surface area contributed by atoms with Gasteiger partial charge < -0.3 is 9.80 Å². The number of ketones is 1. The van der Waals surface area contributed by atoms with Crippen LogP contribution in [0.25, 0.3) is 0 Å². The molecule has 0 unspecified atom stereocenters. The summed E-state index contributed by atoms with van der Waals surface area (Å²) in [6.07, 6.45) is 1.08. The molecule has 1 aromatic rings. The molecule has 0 fully saturated rings. The van der Waals surface area contributed by atoms with Crippen LogP contribution >= 0.6 is 22.9 Å². The van der Waals surface area contributed by atoms with Crippen molar-refractivity contribution in [2.45, 2.75) is 13.3 Å². The highest BCUT2D eigenvalue weighted by Gasteiger charge is 2.13. The largest absolute Gasteiger partial charge is 0.348 e. The molecule has 1 rings (SSSR count). The minimum atomic E-state index is -0.108. The molecule has 0 spiro atoms. The van der Waals surface area contributed by atoms with Crippen molar-refractivity contribution in [3.8, 4) is 0 Å². The van der Waals surface area contributed by atoms with E-state index in [1.165, 1.54) is 11.3 Å². The van der Waals surface area contributed by atoms with Crippen LogP contribution in [0.15, 0.2) is 5.38 Å². The highest BCUT2D eigenvalue weighted by atomic mass is 35.5.